The molecular formula is C18H18N2O5. The summed E-state index contributed by atoms with van der Waals surface area (Å²) < 4.78 is 16.5. The fraction of sp³-hybridized carbons (Fsp3) is 0.222. The predicted octanol–water partition coefficient (Wildman–Crippen LogP) is 1.96. The number of hydrogen-bond acceptors (Lipinski definition) is 5. The molecule has 1 aliphatic rings. The summed E-state index contributed by atoms with van der Waals surface area (Å²) in [6.45, 7) is 1.03. The largest absolute Gasteiger partial charge is 0.490 e. The maximum absolute atomic E-state index is 12.0. The quantitative estimate of drug-likeness (QED) is 0.865. The lowest BCUT2D eigenvalue weighted by molar-refractivity contribution is -0.118. The van der Waals surface area contributed by atoms with Crippen molar-refractivity contribution in [2.45, 2.75) is 6.42 Å². The first-order valence-electron chi connectivity index (χ1n) is 7.84. The minimum absolute atomic E-state index is 0.162. The fourth-order valence-electron chi connectivity index (χ4n) is 2.30. The van der Waals surface area contributed by atoms with E-state index in [1.54, 1.807) is 42.5 Å². The summed E-state index contributed by atoms with van der Waals surface area (Å²) in [6, 6.07) is 11.5. The summed E-state index contributed by atoms with van der Waals surface area (Å²) in [5.41, 5.74) is 6.14. The summed E-state index contributed by atoms with van der Waals surface area (Å²) in [6.07, 6.45) is 0.818. The lowest BCUT2D eigenvalue weighted by Gasteiger charge is -2.11. The molecule has 7 nitrogen and oxygen atoms in total. The highest BCUT2D eigenvalue weighted by molar-refractivity contribution is 5.93. The minimum atomic E-state index is -0.515. The molecule has 0 atom stereocenters. The van der Waals surface area contributed by atoms with Gasteiger partial charge in [-0.1, -0.05) is 0 Å². The third-order valence-electron chi connectivity index (χ3n) is 3.54. The summed E-state index contributed by atoms with van der Waals surface area (Å²) in [7, 11) is 0. The van der Waals surface area contributed by atoms with E-state index in [4.69, 9.17) is 19.9 Å². The maximum atomic E-state index is 12.0. The number of nitrogens with one attached hydrogen (secondary N) is 1. The van der Waals surface area contributed by atoms with E-state index < -0.39 is 5.91 Å². The number of carbonyl (C=O) groups excluding carboxylic acids is 2. The molecule has 0 aliphatic carbocycles. The van der Waals surface area contributed by atoms with Gasteiger partial charge in [0.1, 0.15) is 5.75 Å². The summed E-state index contributed by atoms with van der Waals surface area (Å²) in [5, 5.41) is 2.74. The fourth-order valence-corrected chi connectivity index (χ4v) is 2.30. The van der Waals surface area contributed by atoms with Crippen LogP contribution < -0.4 is 25.3 Å². The summed E-state index contributed by atoms with van der Waals surface area (Å²) >= 11 is 0. The van der Waals surface area contributed by atoms with Gasteiger partial charge in [0.05, 0.1) is 13.2 Å². The molecule has 0 spiro atoms. The van der Waals surface area contributed by atoms with Crippen LogP contribution in [0.5, 0.6) is 17.2 Å². The van der Waals surface area contributed by atoms with E-state index in [-0.39, 0.29) is 12.5 Å². The zero-order valence-electron chi connectivity index (χ0n) is 13.5. The Labute approximate surface area is 144 Å². The van der Waals surface area contributed by atoms with Crippen molar-refractivity contribution in [3.8, 4) is 17.2 Å². The smallest absolute Gasteiger partial charge is 0.262 e. The third kappa shape index (κ3) is 4.41. The molecule has 2 aromatic rings. The normalized spacial score (nSPS) is 12.8. The lowest BCUT2D eigenvalue weighted by atomic mass is 10.2. The molecule has 0 aromatic heterocycles. The number of primary amides is 1. The highest BCUT2D eigenvalue weighted by atomic mass is 16.5. The first-order chi connectivity index (χ1) is 12.1. The molecule has 2 aromatic carbocycles. The van der Waals surface area contributed by atoms with E-state index >= 15 is 0 Å². The number of hydrogen-bond donors (Lipinski definition) is 2. The number of fused-ring (bicyclic) bond motifs is 1. The molecular weight excluding hydrogens is 324 g/mol. The van der Waals surface area contributed by atoms with E-state index in [1.807, 2.05) is 0 Å². The van der Waals surface area contributed by atoms with Gasteiger partial charge in [-0.2, -0.15) is 0 Å². The first-order valence-corrected chi connectivity index (χ1v) is 7.84. The van der Waals surface area contributed by atoms with Crippen LogP contribution in [-0.4, -0.2) is 31.6 Å². The van der Waals surface area contributed by atoms with Crippen LogP contribution in [0.25, 0.3) is 0 Å². The maximum Gasteiger partial charge on any atom is 0.262 e. The van der Waals surface area contributed by atoms with Crippen molar-refractivity contribution in [2.24, 2.45) is 5.73 Å². The van der Waals surface area contributed by atoms with E-state index in [0.29, 0.717) is 41.7 Å². The topological polar surface area (TPSA) is 99.9 Å². The Hall–Kier alpha value is -3.22. The minimum Gasteiger partial charge on any atom is -0.490 e. The van der Waals surface area contributed by atoms with E-state index in [2.05, 4.69) is 5.32 Å². The van der Waals surface area contributed by atoms with Crippen LogP contribution in [0.1, 0.15) is 16.8 Å². The van der Waals surface area contributed by atoms with Gasteiger partial charge < -0.3 is 25.3 Å². The van der Waals surface area contributed by atoms with Crippen LogP contribution in [0.4, 0.5) is 5.69 Å². The Kier molecular flexibility index (Phi) is 5.03. The molecule has 130 valence electrons. The molecule has 0 saturated carbocycles. The average molecular weight is 342 g/mol. The van der Waals surface area contributed by atoms with E-state index in [0.717, 1.165) is 6.42 Å². The van der Waals surface area contributed by atoms with Crippen LogP contribution in [0.2, 0.25) is 0 Å². The van der Waals surface area contributed by atoms with Crippen molar-refractivity contribution in [3.05, 3.63) is 48.0 Å². The van der Waals surface area contributed by atoms with Crippen LogP contribution >= 0.6 is 0 Å². The van der Waals surface area contributed by atoms with Gasteiger partial charge in [0.2, 0.25) is 5.91 Å². The highest BCUT2D eigenvalue weighted by Crippen LogP contribution is 2.32. The van der Waals surface area contributed by atoms with Gasteiger partial charge in [0, 0.05) is 23.7 Å². The highest BCUT2D eigenvalue weighted by Gasteiger charge is 2.12. The monoisotopic (exact) mass is 342 g/mol. The van der Waals surface area contributed by atoms with Gasteiger partial charge in [-0.05, 0) is 36.4 Å². The molecule has 2 amide bonds. The van der Waals surface area contributed by atoms with Crippen LogP contribution in [-0.2, 0) is 4.79 Å². The number of carbonyl (C=O) groups is 2. The molecule has 25 heavy (non-hydrogen) atoms. The molecule has 1 aliphatic heterocycles. The van der Waals surface area contributed by atoms with Gasteiger partial charge in [0.25, 0.3) is 5.91 Å². The Balaban J connectivity index is 1.55. The molecule has 1 heterocycles. The van der Waals surface area contributed by atoms with Crippen molar-refractivity contribution in [2.75, 3.05) is 25.1 Å². The van der Waals surface area contributed by atoms with Crippen molar-refractivity contribution >= 4 is 17.5 Å². The molecule has 0 radical (unpaired) electrons. The second-order valence-electron chi connectivity index (χ2n) is 5.44. The summed E-state index contributed by atoms with van der Waals surface area (Å²) in [5.74, 6) is 0.922. The number of nitrogens with two attached hydrogens (primary N) is 1. The van der Waals surface area contributed by atoms with Gasteiger partial charge >= 0.3 is 0 Å². The number of benzene rings is 2. The van der Waals surface area contributed by atoms with Crippen LogP contribution in [0, 0.1) is 0 Å². The van der Waals surface area contributed by atoms with Gasteiger partial charge in [-0.3, -0.25) is 9.59 Å². The van der Waals surface area contributed by atoms with Crippen LogP contribution in [0.3, 0.4) is 0 Å². The van der Waals surface area contributed by atoms with E-state index in [9.17, 15) is 9.59 Å². The van der Waals surface area contributed by atoms with Crippen molar-refractivity contribution in [3.63, 3.8) is 0 Å². The number of amides is 2. The Bertz CT molecular complexity index is 774. The zero-order valence-corrected chi connectivity index (χ0v) is 13.5. The summed E-state index contributed by atoms with van der Waals surface area (Å²) in [4.78, 5) is 23.0. The van der Waals surface area contributed by atoms with Crippen LogP contribution in [0.15, 0.2) is 42.5 Å². The van der Waals surface area contributed by atoms with Gasteiger partial charge in [-0.25, -0.2) is 0 Å². The van der Waals surface area contributed by atoms with Crippen molar-refractivity contribution in [1.82, 2.24) is 0 Å². The standard InChI is InChI=1S/C18H18N2O5/c19-18(22)12-2-5-14(6-3-12)25-11-17(21)20-13-4-7-15-16(10-13)24-9-1-8-23-15/h2-7,10H,1,8-9,11H2,(H2,19,22)(H,20,21). The number of ether oxygens (including phenoxy) is 3. The molecule has 0 bridgehead atoms. The Morgan fingerprint density at radius 3 is 2.48 bits per heavy atom. The second kappa shape index (κ2) is 7.57. The third-order valence-corrected chi connectivity index (χ3v) is 3.54. The lowest BCUT2D eigenvalue weighted by Crippen LogP contribution is -2.20. The predicted molar refractivity (Wildman–Crippen MR) is 91.1 cm³/mol. The van der Waals surface area contributed by atoms with Crippen molar-refractivity contribution in [1.29, 1.82) is 0 Å². The van der Waals surface area contributed by atoms with Crippen molar-refractivity contribution < 1.29 is 23.8 Å². The number of anilines is 1. The first kappa shape index (κ1) is 16.6. The molecule has 3 rings (SSSR count). The molecule has 0 unspecified atom stereocenters. The second-order valence-corrected chi connectivity index (χ2v) is 5.44. The zero-order chi connectivity index (χ0) is 17.6. The molecule has 0 saturated heterocycles. The van der Waals surface area contributed by atoms with E-state index in [1.165, 1.54) is 0 Å². The van der Waals surface area contributed by atoms with Gasteiger partial charge in [0.15, 0.2) is 18.1 Å². The molecule has 3 N–H and O–H groups in total. The Morgan fingerprint density at radius 2 is 1.76 bits per heavy atom. The molecule has 0 fully saturated rings. The average Bonchev–Trinajstić information content (AvgIpc) is 2.85. The molecule has 7 heteroatoms. The van der Waals surface area contributed by atoms with Gasteiger partial charge in [-0.15, -0.1) is 0 Å². The number of rotatable bonds is 5. The SMILES string of the molecule is NC(=O)c1ccc(OCC(=O)Nc2ccc3c(c2)OCCCO3)cc1. The Morgan fingerprint density at radius 1 is 1.04 bits per heavy atom.